The number of halogens is 1. The van der Waals surface area contributed by atoms with Crippen LogP contribution >= 0.6 is 23.1 Å². The number of rotatable bonds is 6. The Hall–Kier alpha value is -3.04. The molecule has 1 aliphatic rings. The zero-order valence-corrected chi connectivity index (χ0v) is 19.9. The highest BCUT2D eigenvalue weighted by molar-refractivity contribution is 7.09. The molecule has 8 nitrogen and oxygen atoms in total. The van der Waals surface area contributed by atoms with E-state index < -0.39 is 0 Å². The topological polar surface area (TPSA) is 97.3 Å². The largest absolute Gasteiger partial charge is 0.489 e. The highest BCUT2D eigenvalue weighted by Gasteiger charge is 2.24. The number of amides is 2. The van der Waals surface area contributed by atoms with Crippen LogP contribution in [0.3, 0.4) is 0 Å². The van der Waals surface area contributed by atoms with Gasteiger partial charge in [0.2, 0.25) is 5.91 Å². The second kappa shape index (κ2) is 10.3. The monoisotopic (exact) mass is 485 g/mol. The number of carbonyl (C=O) groups is 2. The molecule has 2 amide bonds. The number of aromatic nitrogens is 3. The first-order chi connectivity index (χ1) is 15.9. The van der Waals surface area contributed by atoms with Crippen molar-refractivity contribution in [1.29, 1.82) is 0 Å². The molecule has 2 aromatic heterocycles. The number of carbonyl (C=O) groups excluding carboxylic acids is 2. The fraction of sp³-hybridized carbons (Fsp3) is 0.348. The minimum Gasteiger partial charge on any atom is -0.489 e. The standard InChI is InChI=1S/C23H24ClN5O3S/c1-14-27-23(33-28-14)19-13-25-20(22(31)26-12-16-3-5-17(24)6-4-16)11-21(19)32-18-7-9-29(10-8-18)15(2)30/h3-6,11,13,18H,7-10,12H2,1-2H3,(H,26,31). The molecule has 3 heterocycles. The fourth-order valence-electron chi connectivity index (χ4n) is 3.57. The summed E-state index contributed by atoms with van der Waals surface area (Å²) in [6.45, 7) is 5.05. The first-order valence-electron chi connectivity index (χ1n) is 10.6. The van der Waals surface area contributed by atoms with Gasteiger partial charge in [-0.05, 0) is 36.2 Å². The van der Waals surface area contributed by atoms with Crippen LogP contribution in [0.4, 0.5) is 0 Å². The summed E-state index contributed by atoms with van der Waals surface area (Å²) in [7, 11) is 0. The summed E-state index contributed by atoms with van der Waals surface area (Å²) in [6, 6.07) is 8.94. The van der Waals surface area contributed by atoms with Crippen LogP contribution in [0.15, 0.2) is 36.5 Å². The molecule has 0 bridgehead atoms. The van der Waals surface area contributed by atoms with Crippen molar-refractivity contribution in [2.75, 3.05) is 13.1 Å². The van der Waals surface area contributed by atoms with Gasteiger partial charge in [-0.15, -0.1) is 0 Å². The lowest BCUT2D eigenvalue weighted by atomic mass is 10.1. The maximum Gasteiger partial charge on any atom is 0.270 e. The van der Waals surface area contributed by atoms with E-state index in [0.29, 0.717) is 59.6 Å². The van der Waals surface area contributed by atoms with Gasteiger partial charge in [0, 0.05) is 56.7 Å². The quantitative estimate of drug-likeness (QED) is 0.569. The van der Waals surface area contributed by atoms with Crippen LogP contribution in [-0.2, 0) is 11.3 Å². The Balaban J connectivity index is 1.52. The van der Waals surface area contributed by atoms with Crippen LogP contribution in [0, 0.1) is 6.92 Å². The number of piperidine rings is 1. The number of aryl methyl sites for hydroxylation is 1. The molecular formula is C23H24ClN5O3S. The molecule has 3 aromatic rings. The highest BCUT2D eigenvalue weighted by atomic mass is 35.5. The predicted octanol–water partition coefficient (Wildman–Crippen LogP) is 3.88. The molecule has 1 N–H and O–H groups in total. The van der Waals surface area contributed by atoms with Gasteiger partial charge in [-0.3, -0.25) is 14.6 Å². The van der Waals surface area contributed by atoms with E-state index in [2.05, 4.69) is 19.7 Å². The molecule has 1 aliphatic heterocycles. The third kappa shape index (κ3) is 5.85. The van der Waals surface area contributed by atoms with Crippen LogP contribution in [0.1, 0.15) is 41.6 Å². The van der Waals surface area contributed by atoms with Crippen LogP contribution in [0.25, 0.3) is 10.6 Å². The van der Waals surface area contributed by atoms with Crippen LogP contribution in [-0.4, -0.2) is 50.2 Å². The smallest absolute Gasteiger partial charge is 0.270 e. The molecule has 0 atom stereocenters. The minimum atomic E-state index is -0.304. The van der Waals surface area contributed by atoms with Gasteiger partial charge in [-0.1, -0.05) is 23.7 Å². The van der Waals surface area contributed by atoms with Gasteiger partial charge in [-0.2, -0.15) is 4.37 Å². The SMILES string of the molecule is CC(=O)N1CCC(Oc2cc(C(=O)NCc3ccc(Cl)cc3)ncc2-c2nc(C)ns2)CC1. The normalized spacial score (nSPS) is 14.2. The molecule has 0 aliphatic carbocycles. The summed E-state index contributed by atoms with van der Waals surface area (Å²) in [5.74, 6) is 0.975. The number of pyridine rings is 1. The Morgan fingerprint density at radius 3 is 2.61 bits per heavy atom. The first kappa shape index (κ1) is 23.1. The number of ether oxygens (including phenoxy) is 1. The number of benzene rings is 1. The van der Waals surface area contributed by atoms with E-state index in [1.54, 1.807) is 31.3 Å². The Morgan fingerprint density at radius 1 is 1.24 bits per heavy atom. The van der Waals surface area contributed by atoms with Gasteiger partial charge in [0.25, 0.3) is 5.91 Å². The summed E-state index contributed by atoms with van der Waals surface area (Å²) >= 11 is 7.18. The molecule has 1 fully saturated rings. The first-order valence-corrected chi connectivity index (χ1v) is 11.8. The molecule has 0 spiro atoms. The van der Waals surface area contributed by atoms with Crippen molar-refractivity contribution in [3.8, 4) is 16.3 Å². The maximum atomic E-state index is 12.8. The zero-order chi connectivity index (χ0) is 23.4. The lowest BCUT2D eigenvalue weighted by molar-refractivity contribution is -0.130. The molecule has 4 rings (SSSR count). The second-order valence-corrected chi connectivity index (χ2v) is 9.03. The van der Waals surface area contributed by atoms with Crippen molar-refractivity contribution >= 4 is 34.9 Å². The molecule has 172 valence electrons. The van der Waals surface area contributed by atoms with Gasteiger partial charge >= 0.3 is 0 Å². The van der Waals surface area contributed by atoms with Crippen molar-refractivity contribution in [1.82, 2.24) is 24.6 Å². The number of hydrogen-bond donors (Lipinski definition) is 1. The Kier molecular flexibility index (Phi) is 7.20. The number of nitrogens with one attached hydrogen (secondary N) is 1. The van der Waals surface area contributed by atoms with Crippen molar-refractivity contribution in [2.45, 2.75) is 39.3 Å². The lowest BCUT2D eigenvalue weighted by Gasteiger charge is -2.31. The Labute approximate surface area is 201 Å². The van der Waals surface area contributed by atoms with E-state index in [1.165, 1.54) is 11.5 Å². The molecule has 0 unspecified atom stereocenters. The van der Waals surface area contributed by atoms with Crippen LogP contribution in [0.2, 0.25) is 5.02 Å². The van der Waals surface area contributed by atoms with Crippen molar-refractivity contribution in [3.63, 3.8) is 0 Å². The second-order valence-electron chi connectivity index (χ2n) is 7.84. The molecule has 1 aromatic carbocycles. The summed E-state index contributed by atoms with van der Waals surface area (Å²) in [5, 5.41) is 4.21. The van der Waals surface area contributed by atoms with Crippen LogP contribution < -0.4 is 10.1 Å². The van der Waals surface area contributed by atoms with E-state index >= 15 is 0 Å². The zero-order valence-electron chi connectivity index (χ0n) is 18.4. The Morgan fingerprint density at radius 2 is 1.97 bits per heavy atom. The Bertz CT molecular complexity index is 1140. The third-order valence-electron chi connectivity index (χ3n) is 5.40. The summed E-state index contributed by atoms with van der Waals surface area (Å²) < 4.78 is 10.6. The lowest BCUT2D eigenvalue weighted by Crippen LogP contribution is -2.40. The van der Waals surface area contributed by atoms with Gasteiger partial charge in [-0.25, -0.2) is 4.98 Å². The van der Waals surface area contributed by atoms with E-state index in [4.69, 9.17) is 16.3 Å². The number of hydrogen-bond acceptors (Lipinski definition) is 7. The summed E-state index contributed by atoms with van der Waals surface area (Å²) in [6.07, 6.45) is 2.97. The molecule has 1 saturated heterocycles. The molecule has 0 saturated carbocycles. The van der Waals surface area contributed by atoms with E-state index in [0.717, 1.165) is 5.56 Å². The number of likely N-dealkylation sites (tertiary alicyclic amines) is 1. The predicted molar refractivity (Wildman–Crippen MR) is 126 cm³/mol. The minimum absolute atomic E-state index is 0.0688. The average Bonchev–Trinajstić information content (AvgIpc) is 3.24. The summed E-state index contributed by atoms with van der Waals surface area (Å²) in [5.41, 5.74) is 1.89. The van der Waals surface area contributed by atoms with Gasteiger partial charge in [0.05, 0.1) is 5.56 Å². The van der Waals surface area contributed by atoms with Crippen molar-refractivity contribution in [2.24, 2.45) is 0 Å². The highest BCUT2D eigenvalue weighted by Crippen LogP contribution is 2.33. The van der Waals surface area contributed by atoms with Gasteiger partial charge in [0.15, 0.2) is 0 Å². The average molecular weight is 486 g/mol. The van der Waals surface area contributed by atoms with Crippen LogP contribution in [0.5, 0.6) is 5.75 Å². The maximum absolute atomic E-state index is 12.8. The summed E-state index contributed by atoms with van der Waals surface area (Å²) in [4.78, 5) is 35.0. The fourth-order valence-corrected chi connectivity index (χ4v) is 4.38. The number of nitrogens with zero attached hydrogens (tertiary/aromatic N) is 4. The molecular weight excluding hydrogens is 462 g/mol. The van der Waals surface area contributed by atoms with E-state index in [9.17, 15) is 9.59 Å². The van der Waals surface area contributed by atoms with Gasteiger partial charge in [0.1, 0.15) is 28.4 Å². The van der Waals surface area contributed by atoms with E-state index in [1.807, 2.05) is 24.0 Å². The van der Waals surface area contributed by atoms with E-state index in [-0.39, 0.29) is 23.6 Å². The molecule has 0 radical (unpaired) electrons. The molecule has 33 heavy (non-hydrogen) atoms. The van der Waals surface area contributed by atoms with Crippen molar-refractivity contribution < 1.29 is 14.3 Å². The molecule has 10 heteroatoms. The van der Waals surface area contributed by atoms with Crippen molar-refractivity contribution in [3.05, 3.63) is 58.6 Å². The third-order valence-corrected chi connectivity index (χ3v) is 6.50. The van der Waals surface area contributed by atoms with Gasteiger partial charge < -0.3 is 15.0 Å².